The van der Waals surface area contributed by atoms with Gasteiger partial charge >= 0.3 is 0 Å². The summed E-state index contributed by atoms with van der Waals surface area (Å²) in [6.45, 7) is 6.10. The molecule has 0 aromatic heterocycles. The molecule has 2 aromatic rings. The van der Waals surface area contributed by atoms with Crippen molar-refractivity contribution in [2.75, 3.05) is 39.8 Å². The van der Waals surface area contributed by atoms with Crippen molar-refractivity contribution in [3.63, 3.8) is 0 Å². The first-order chi connectivity index (χ1) is 14.0. The number of carbonyl (C=O) groups excluding carboxylic acids is 1. The Bertz CT molecular complexity index is 903. The highest BCUT2D eigenvalue weighted by atomic mass is 19.1. The second-order valence-electron chi connectivity index (χ2n) is 8.01. The van der Waals surface area contributed by atoms with Crippen LogP contribution in [0.25, 0.3) is 0 Å². The Balaban J connectivity index is 1.58. The van der Waals surface area contributed by atoms with Crippen LogP contribution in [0.4, 0.5) is 4.39 Å². The molecule has 2 heterocycles. The van der Waals surface area contributed by atoms with Crippen molar-refractivity contribution < 1.29 is 9.18 Å². The molecule has 152 valence electrons. The van der Waals surface area contributed by atoms with Gasteiger partial charge < -0.3 is 4.90 Å². The number of carbonyl (C=O) groups is 1. The number of nitrogens with zero attached hydrogens (tertiary/aromatic N) is 4. The van der Waals surface area contributed by atoms with Crippen molar-refractivity contribution in [2.45, 2.75) is 19.4 Å². The largest absolute Gasteiger partial charge is 0.304 e. The normalized spacial score (nSPS) is 20.7. The van der Waals surface area contributed by atoms with Crippen LogP contribution in [0.5, 0.6) is 0 Å². The van der Waals surface area contributed by atoms with Crippen molar-refractivity contribution in [3.8, 4) is 0 Å². The average molecular weight is 394 g/mol. The standard InChI is InChI=1S/C23H27FN4O/c1-17-4-3-5-19(14-17)21-15-22(18-6-8-20(24)9-7-18)28(25-21)23(29)16-27-12-10-26(2)11-13-27/h3-9,14,22H,10-13,15-16H2,1-2H3. The molecule has 1 saturated heterocycles. The van der Waals surface area contributed by atoms with E-state index in [-0.39, 0.29) is 17.8 Å². The number of hydrazone groups is 1. The molecule has 4 rings (SSSR count). The highest BCUT2D eigenvalue weighted by molar-refractivity contribution is 6.03. The van der Waals surface area contributed by atoms with Crippen molar-refractivity contribution >= 4 is 11.6 Å². The Morgan fingerprint density at radius 1 is 1.10 bits per heavy atom. The molecule has 0 bridgehead atoms. The van der Waals surface area contributed by atoms with Crippen LogP contribution in [0.1, 0.15) is 29.2 Å². The van der Waals surface area contributed by atoms with Crippen molar-refractivity contribution in [1.29, 1.82) is 0 Å². The molecule has 6 heteroatoms. The smallest absolute Gasteiger partial charge is 0.257 e. The second kappa shape index (κ2) is 8.43. The lowest BCUT2D eigenvalue weighted by molar-refractivity contribution is -0.134. The minimum absolute atomic E-state index is 0.00784. The van der Waals surface area contributed by atoms with Crippen LogP contribution in [0.15, 0.2) is 53.6 Å². The number of aryl methyl sites for hydroxylation is 1. The molecule has 2 aromatic carbocycles. The second-order valence-corrected chi connectivity index (χ2v) is 8.01. The molecule has 0 N–H and O–H groups in total. The number of likely N-dealkylation sites (N-methyl/N-ethyl adjacent to an activating group) is 1. The molecule has 5 nitrogen and oxygen atoms in total. The van der Waals surface area contributed by atoms with Crippen LogP contribution < -0.4 is 0 Å². The van der Waals surface area contributed by atoms with Gasteiger partial charge in [-0.3, -0.25) is 9.69 Å². The first kappa shape index (κ1) is 19.7. The number of halogens is 1. The maximum absolute atomic E-state index is 13.4. The lowest BCUT2D eigenvalue weighted by atomic mass is 9.97. The minimum Gasteiger partial charge on any atom is -0.304 e. The van der Waals surface area contributed by atoms with Gasteiger partial charge in [-0.05, 0) is 37.2 Å². The topological polar surface area (TPSA) is 39.2 Å². The van der Waals surface area contributed by atoms with Crippen molar-refractivity contribution in [1.82, 2.24) is 14.8 Å². The summed E-state index contributed by atoms with van der Waals surface area (Å²) in [5, 5.41) is 6.34. The van der Waals surface area contributed by atoms with Gasteiger partial charge in [-0.25, -0.2) is 9.40 Å². The van der Waals surface area contributed by atoms with Gasteiger partial charge in [-0.15, -0.1) is 0 Å². The molecule has 2 aliphatic heterocycles. The van der Waals surface area contributed by atoms with Gasteiger partial charge in [0.15, 0.2) is 0 Å². The van der Waals surface area contributed by atoms with Crippen LogP contribution in [0.2, 0.25) is 0 Å². The minimum atomic E-state index is -0.276. The predicted molar refractivity (Wildman–Crippen MR) is 112 cm³/mol. The summed E-state index contributed by atoms with van der Waals surface area (Å²) in [6.07, 6.45) is 0.629. The first-order valence-electron chi connectivity index (χ1n) is 10.1. The SMILES string of the molecule is Cc1cccc(C2=NN(C(=O)CN3CCN(C)CC3)C(c3ccc(F)cc3)C2)c1. The Morgan fingerprint density at radius 2 is 1.83 bits per heavy atom. The Morgan fingerprint density at radius 3 is 2.52 bits per heavy atom. The highest BCUT2D eigenvalue weighted by Gasteiger charge is 2.34. The van der Waals surface area contributed by atoms with Gasteiger partial charge in [-0.1, -0.05) is 42.0 Å². The number of hydrogen-bond acceptors (Lipinski definition) is 4. The fourth-order valence-corrected chi connectivity index (χ4v) is 3.95. The molecule has 2 aliphatic rings. The molecule has 0 radical (unpaired) electrons. The van der Waals surface area contributed by atoms with E-state index in [1.54, 1.807) is 17.1 Å². The third-order valence-corrected chi connectivity index (χ3v) is 5.73. The molecule has 1 fully saturated rings. The van der Waals surface area contributed by atoms with Crippen LogP contribution in [-0.4, -0.2) is 66.2 Å². The third-order valence-electron chi connectivity index (χ3n) is 5.73. The van der Waals surface area contributed by atoms with E-state index in [1.807, 2.05) is 25.1 Å². The van der Waals surface area contributed by atoms with Crippen LogP contribution >= 0.6 is 0 Å². The quantitative estimate of drug-likeness (QED) is 0.800. The third kappa shape index (κ3) is 4.54. The summed E-state index contributed by atoms with van der Waals surface area (Å²) in [5.41, 5.74) is 4.00. The fraction of sp³-hybridized carbons (Fsp3) is 0.391. The van der Waals surface area contributed by atoms with Crippen molar-refractivity contribution in [3.05, 3.63) is 71.0 Å². The zero-order valence-corrected chi connectivity index (χ0v) is 17.0. The van der Waals surface area contributed by atoms with Gasteiger partial charge in [0.25, 0.3) is 5.91 Å². The van der Waals surface area contributed by atoms with E-state index in [0.717, 1.165) is 48.6 Å². The van der Waals surface area contributed by atoms with Gasteiger partial charge in [0.2, 0.25) is 0 Å². The van der Waals surface area contributed by atoms with Crippen molar-refractivity contribution in [2.24, 2.45) is 5.10 Å². The molecule has 0 saturated carbocycles. The first-order valence-corrected chi connectivity index (χ1v) is 10.1. The number of hydrogen-bond donors (Lipinski definition) is 0. The van der Waals surface area contributed by atoms with Gasteiger partial charge in [-0.2, -0.15) is 5.10 Å². The molecule has 1 unspecified atom stereocenters. The lowest BCUT2D eigenvalue weighted by Gasteiger charge is -2.33. The summed E-state index contributed by atoms with van der Waals surface area (Å²) in [6, 6.07) is 14.4. The summed E-state index contributed by atoms with van der Waals surface area (Å²) in [5.74, 6) is -0.284. The van der Waals surface area contributed by atoms with E-state index in [9.17, 15) is 9.18 Å². The predicted octanol–water partition coefficient (Wildman–Crippen LogP) is 3.06. The Kier molecular flexibility index (Phi) is 5.74. The lowest BCUT2D eigenvalue weighted by Crippen LogP contribution is -2.48. The van der Waals surface area contributed by atoms with E-state index < -0.39 is 0 Å². The zero-order chi connectivity index (χ0) is 20.4. The van der Waals surface area contributed by atoms with Crippen LogP contribution in [0, 0.1) is 12.7 Å². The van der Waals surface area contributed by atoms with E-state index in [4.69, 9.17) is 5.10 Å². The van der Waals surface area contributed by atoms with Gasteiger partial charge in [0.05, 0.1) is 18.3 Å². The summed E-state index contributed by atoms with van der Waals surface area (Å²) < 4.78 is 13.4. The fourth-order valence-electron chi connectivity index (χ4n) is 3.95. The van der Waals surface area contributed by atoms with Gasteiger partial charge in [0, 0.05) is 32.6 Å². The van der Waals surface area contributed by atoms with Crippen LogP contribution in [0.3, 0.4) is 0 Å². The number of amides is 1. The molecule has 0 aliphatic carbocycles. The van der Waals surface area contributed by atoms with E-state index in [1.165, 1.54) is 12.1 Å². The molecule has 29 heavy (non-hydrogen) atoms. The summed E-state index contributed by atoms with van der Waals surface area (Å²) in [7, 11) is 2.10. The van der Waals surface area contributed by atoms with Gasteiger partial charge in [0.1, 0.15) is 5.82 Å². The zero-order valence-electron chi connectivity index (χ0n) is 17.0. The summed E-state index contributed by atoms with van der Waals surface area (Å²) in [4.78, 5) is 17.6. The maximum atomic E-state index is 13.4. The Hall–Kier alpha value is -2.57. The average Bonchev–Trinajstić information content (AvgIpc) is 3.16. The molecule has 1 atom stereocenters. The summed E-state index contributed by atoms with van der Waals surface area (Å²) >= 11 is 0. The maximum Gasteiger partial charge on any atom is 0.257 e. The number of rotatable bonds is 4. The number of piperazine rings is 1. The van der Waals surface area contributed by atoms with E-state index in [2.05, 4.69) is 22.9 Å². The monoisotopic (exact) mass is 394 g/mol. The molecule has 1 amide bonds. The number of benzene rings is 2. The molecular formula is C23H27FN4O. The highest BCUT2D eigenvalue weighted by Crippen LogP contribution is 2.33. The van der Waals surface area contributed by atoms with E-state index >= 15 is 0 Å². The Labute approximate surface area is 171 Å². The van der Waals surface area contributed by atoms with Crippen LogP contribution in [-0.2, 0) is 4.79 Å². The molecule has 0 spiro atoms. The van der Waals surface area contributed by atoms with E-state index in [0.29, 0.717) is 13.0 Å². The molecular weight excluding hydrogens is 367 g/mol.